The predicted octanol–water partition coefficient (Wildman–Crippen LogP) is 6.18. The molecule has 0 fully saturated rings. The van der Waals surface area contributed by atoms with Gasteiger partial charge in [-0.15, -0.1) is 11.8 Å². The monoisotopic (exact) mass is 576 g/mol. The second kappa shape index (κ2) is 12.7. The van der Waals surface area contributed by atoms with Crippen LogP contribution in [0, 0.1) is 0 Å². The standard InChI is InChI=1S/C24H22Br2N2O3S/c1-30-23-12-18(7-10-22(23)31-14-17-5-8-20(25)9-6-17)13-27-28-24(29)16-32-15-19-3-2-4-21(26)11-19/h2-13H,14-16H2,1H3,(H,28,29)/b27-13-. The molecule has 0 atom stereocenters. The van der Waals surface area contributed by atoms with Gasteiger partial charge in [0.15, 0.2) is 11.5 Å². The van der Waals surface area contributed by atoms with Gasteiger partial charge in [0.2, 0.25) is 5.91 Å². The van der Waals surface area contributed by atoms with Crippen molar-refractivity contribution < 1.29 is 14.3 Å². The number of ether oxygens (including phenoxy) is 2. The van der Waals surface area contributed by atoms with Crippen LogP contribution in [0.15, 0.2) is 80.8 Å². The van der Waals surface area contributed by atoms with E-state index in [2.05, 4.69) is 42.4 Å². The zero-order chi connectivity index (χ0) is 22.8. The SMILES string of the molecule is COc1cc(/C=N\NC(=O)CSCc2cccc(Br)c2)ccc1OCc1ccc(Br)cc1. The minimum absolute atomic E-state index is 0.150. The molecule has 0 saturated carbocycles. The third-order valence-corrected chi connectivity index (χ3v) is 6.31. The zero-order valence-electron chi connectivity index (χ0n) is 17.4. The van der Waals surface area contributed by atoms with Crippen LogP contribution >= 0.6 is 43.6 Å². The Morgan fingerprint density at radius 1 is 1.00 bits per heavy atom. The maximum Gasteiger partial charge on any atom is 0.250 e. The summed E-state index contributed by atoms with van der Waals surface area (Å²) < 4.78 is 13.4. The normalized spacial score (nSPS) is 10.8. The average molecular weight is 578 g/mol. The van der Waals surface area contributed by atoms with E-state index in [1.807, 2.05) is 66.7 Å². The van der Waals surface area contributed by atoms with E-state index in [9.17, 15) is 4.79 Å². The summed E-state index contributed by atoms with van der Waals surface area (Å²) in [6.07, 6.45) is 1.58. The number of hydrazone groups is 1. The number of carbonyl (C=O) groups is 1. The lowest BCUT2D eigenvalue weighted by Crippen LogP contribution is -2.19. The number of thioether (sulfide) groups is 1. The number of nitrogens with one attached hydrogen (secondary N) is 1. The fraction of sp³-hybridized carbons (Fsp3) is 0.167. The number of hydrogen-bond donors (Lipinski definition) is 1. The lowest BCUT2D eigenvalue weighted by atomic mass is 10.2. The van der Waals surface area contributed by atoms with Gasteiger partial charge in [-0.25, -0.2) is 5.43 Å². The Balaban J connectivity index is 1.47. The molecule has 3 aromatic carbocycles. The Morgan fingerprint density at radius 2 is 1.81 bits per heavy atom. The van der Waals surface area contributed by atoms with Gasteiger partial charge in [0.05, 0.1) is 19.1 Å². The lowest BCUT2D eigenvalue weighted by molar-refractivity contribution is -0.118. The first-order valence-electron chi connectivity index (χ1n) is 9.73. The number of amides is 1. The third-order valence-electron chi connectivity index (χ3n) is 4.29. The number of halogens is 2. The van der Waals surface area contributed by atoms with Gasteiger partial charge in [-0.3, -0.25) is 4.79 Å². The lowest BCUT2D eigenvalue weighted by Gasteiger charge is -2.11. The minimum atomic E-state index is -0.150. The number of rotatable bonds is 10. The largest absolute Gasteiger partial charge is 0.493 e. The van der Waals surface area contributed by atoms with Crippen LogP contribution < -0.4 is 14.9 Å². The summed E-state index contributed by atoms with van der Waals surface area (Å²) in [5.74, 6) is 2.18. The minimum Gasteiger partial charge on any atom is -0.493 e. The maximum atomic E-state index is 12.0. The molecule has 0 spiro atoms. The van der Waals surface area contributed by atoms with Gasteiger partial charge in [0.1, 0.15) is 6.61 Å². The molecule has 1 N–H and O–H groups in total. The highest BCUT2D eigenvalue weighted by Crippen LogP contribution is 2.28. The fourth-order valence-electron chi connectivity index (χ4n) is 2.72. The van der Waals surface area contributed by atoms with Crippen molar-refractivity contribution in [2.75, 3.05) is 12.9 Å². The Kier molecular flexibility index (Phi) is 9.64. The van der Waals surface area contributed by atoms with Crippen LogP contribution in [-0.4, -0.2) is 25.0 Å². The molecular formula is C24H22Br2N2O3S. The summed E-state index contributed by atoms with van der Waals surface area (Å²) in [5.41, 5.74) is 5.57. The van der Waals surface area contributed by atoms with Crippen LogP contribution in [0.25, 0.3) is 0 Å². The van der Waals surface area contributed by atoms with Crippen LogP contribution in [0.5, 0.6) is 11.5 Å². The number of carbonyl (C=O) groups excluding carboxylic acids is 1. The van der Waals surface area contributed by atoms with E-state index >= 15 is 0 Å². The summed E-state index contributed by atoms with van der Waals surface area (Å²) in [4.78, 5) is 12.0. The highest BCUT2D eigenvalue weighted by atomic mass is 79.9. The van der Waals surface area contributed by atoms with Gasteiger partial charge in [-0.2, -0.15) is 5.10 Å². The highest BCUT2D eigenvalue weighted by Gasteiger charge is 2.06. The number of nitrogens with zero attached hydrogens (tertiary/aromatic N) is 1. The summed E-state index contributed by atoms with van der Waals surface area (Å²) in [6.45, 7) is 0.435. The molecule has 0 heterocycles. The Bertz CT molecular complexity index is 1080. The average Bonchev–Trinajstić information content (AvgIpc) is 2.79. The molecule has 3 aromatic rings. The maximum absolute atomic E-state index is 12.0. The number of methoxy groups -OCH3 is 1. The highest BCUT2D eigenvalue weighted by molar-refractivity contribution is 9.10. The second-order valence-corrected chi connectivity index (χ2v) is 9.56. The number of hydrogen-bond acceptors (Lipinski definition) is 5. The van der Waals surface area contributed by atoms with Gasteiger partial charge in [-0.1, -0.05) is 56.1 Å². The first kappa shape index (κ1) is 24.4. The Labute approximate surface area is 208 Å². The van der Waals surface area contributed by atoms with Crippen LogP contribution in [0.2, 0.25) is 0 Å². The van der Waals surface area contributed by atoms with Crippen molar-refractivity contribution in [1.82, 2.24) is 5.43 Å². The van der Waals surface area contributed by atoms with E-state index in [4.69, 9.17) is 9.47 Å². The van der Waals surface area contributed by atoms with Crippen molar-refractivity contribution in [3.63, 3.8) is 0 Å². The summed E-state index contributed by atoms with van der Waals surface area (Å²) >= 11 is 8.41. The first-order chi connectivity index (χ1) is 15.5. The van der Waals surface area contributed by atoms with Crippen LogP contribution in [0.1, 0.15) is 16.7 Å². The molecule has 0 radical (unpaired) electrons. The summed E-state index contributed by atoms with van der Waals surface area (Å²) in [7, 11) is 1.59. The van der Waals surface area contributed by atoms with Crippen molar-refractivity contribution in [2.24, 2.45) is 5.10 Å². The van der Waals surface area contributed by atoms with E-state index in [1.165, 1.54) is 11.8 Å². The summed E-state index contributed by atoms with van der Waals surface area (Å²) in [6, 6.07) is 21.5. The molecule has 0 saturated heterocycles. The molecule has 0 unspecified atom stereocenters. The van der Waals surface area contributed by atoms with Gasteiger partial charge < -0.3 is 9.47 Å². The predicted molar refractivity (Wildman–Crippen MR) is 138 cm³/mol. The van der Waals surface area contributed by atoms with Crippen molar-refractivity contribution in [3.05, 3.63) is 92.4 Å². The topological polar surface area (TPSA) is 59.9 Å². The second-order valence-electron chi connectivity index (χ2n) is 6.74. The van der Waals surface area contributed by atoms with Crippen molar-refractivity contribution in [3.8, 4) is 11.5 Å². The third kappa shape index (κ3) is 8.00. The fourth-order valence-corrected chi connectivity index (χ4v) is 4.20. The molecular weight excluding hydrogens is 556 g/mol. The molecule has 0 aromatic heterocycles. The van der Waals surface area contributed by atoms with Crippen LogP contribution in [0.3, 0.4) is 0 Å². The molecule has 0 aliphatic heterocycles. The van der Waals surface area contributed by atoms with Gasteiger partial charge in [0, 0.05) is 14.7 Å². The smallest absolute Gasteiger partial charge is 0.250 e. The molecule has 8 heteroatoms. The molecule has 5 nitrogen and oxygen atoms in total. The number of benzene rings is 3. The van der Waals surface area contributed by atoms with E-state index in [0.29, 0.717) is 23.9 Å². The van der Waals surface area contributed by atoms with E-state index in [1.54, 1.807) is 13.3 Å². The Hall–Kier alpha value is -2.29. The Morgan fingerprint density at radius 3 is 2.56 bits per heavy atom. The molecule has 0 aliphatic rings. The van der Waals surface area contributed by atoms with Crippen molar-refractivity contribution in [2.45, 2.75) is 12.4 Å². The molecule has 3 rings (SSSR count). The van der Waals surface area contributed by atoms with Crippen LogP contribution in [0.4, 0.5) is 0 Å². The van der Waals surface area contributed by atoms with Crippen molar-refractivity contribution >= 4 is 55.7 Å². The molecule has 0 aliphatic carbocycles. The van der Waals surface area contributed by atoms with Crippen molar-refractivity contribution in [1.29, 1.82) is 0 Å². The van der Waals surface area contributed by atoms with E-state index in [0.717, 1.165) is 31.4 Å². The molecule has 0 bridgehead atoms. The van der Waals surface area contributed by atoms with Gasteiger partial charge in [-0.05, 0) is 59.2 Å². The van der Waals surface area contributed by atoms with Gasteiger partial charge in [0.25, 0.3) is 0 Å². The molecule has 166 valence electrons. The quantitative estimate of drug-likeness (QED) is 0.231. The first-order valence-corrected chi connectivity index (χ1v) is 12.5. The van der Waals surface area contributed by atoms with Gasteiger partial charge >= 0.3 is 0 Å². The van der Waals surface area contributed by atoms with Crippen LogP contribution in [-0.2, 0) is 17.2 Å². The zero-order valence-corrected chi connectivity index (χ0v) is 21.4. The molecule has 32 heavy (non-hydrogen) atoms. The summed E-state index contributed by atoms with van der Waals surface area (Å²) in [5, 5.41) is 4.04. The van der Waals surface area contributed by atoms with E-state index in [-0.39, 0.29) is 5.91 Å². The molecule has 1 amide bonds. The van der Waals surface area contributed by atoms with E-state index < -0.39 is 0 Å².